The number of fused-ring (bicyclic) bond motifs is 1. The molecule has 0 aliphatic carbocycles. The summed E-state index contributed by atoms with van der Waals surface area (Å²) in [6.07, 6.45) is 3.38. The fourth-order valence-corrected chi connectivity index (χ4v) is 3.29. The Morgan fingerprint density at radius 1 is 1.32 bits per heavy atom. The summed E-state index contributed by atoms with van der Waals surface area (Å²) in [5.41, 5.74) is 7.18. The number of nitrogens with two attached hydrogens (primary N) is 1. The number of benzene rings is 1. The number of carbonyl (C=O) groups is 1. The van der Waals surface area contributed by atoms with Gasteiger partial charge in [0.2, 0.25) is 0 Å². The molecule has 22 heavy (non-hydrogen) atoms. The lowest BCUT2D eigenvalue weighted by Crippen LogP contribution is -2.55. The predicted molar refractivity (Wildman–Crippen MR) is 83.7 cm³/mol. The molecule has 3 heterocycles. The number of aliphatic imine (C=N–C) groups is 1. The van der Waals surface area contributed by atoms with Crippen LogP contribution in [-0.2, 0) is 0 Å². The molecule has 3 N–H and O–H groups in total. The highest BCUT2D eigenvalue weighted by molar-refractivity contribution is 5.97. The first-order chi connectivity index (χ1) is 10.7. The van der Waals surface area contributed by atoms with Crippen molar-refractivity contribution in [3.05, 3.63) is 36.1 Å². The maximum atomic E-state index is 12.7. The summed E-state index contributed by atoms with van der Waals surface area (Å²) in [6.45, 7) is 2.15. The Morgan fingerprint density at radius 3 is 2.86 bits per heavy atom. The van der Waals surface area contributed by atoms with Crippen LogP contribution in [0.1, 0.15) is 23.2 Å². The van der Waals surface area contributed by atoms with Crippen molar-refractivity contribution in [1.82, 2.24) is 10.2 Å². The zero-order valence-corrected chi connectivity index (χ0v) is 12.2. The van der Waals surface area contributed by atoms with Gasteiger partial charge in [0.05, 0.1) is 18.3 Å². The summed E-state index contributed by atoms with van der Waals surface area (Å²) in [5.74, 6) is 0.593. The summed E-state index contributed by atoms with van der Waals surface area (Å²) in [4.78, 5) is 18.8. The first kappa shape index (κ1) is 13.2. The van der Waals surface area contributed by atoms with Gasteiger partial charge in [0.1, 0.15) is 5.58 Å². The van der Waals surface area contributed by atoms with E-state index in [4.69, 9.17) is 10.2 Å². The number of nitrogens with zero attached hydrogens (tertiary/aromatic N) is 2. The van der Waals surface area contributed by atoms with E-state index in [0.717, 1.165) is 36.9 Å². The van der Waals surface area contributed by atoms with Crippen molar-refractivity contribution in [3.63, 3.8) is 0 Å². The zero-order valence-electron chi connectivity index (χ0n) is 12.2. The number of hydrogen-bond donors (Lipinski definition) is 2. The highest BCUT2D eigenvalue weighted by Crippen LogP contribution is 2.27. The van der Waals surface area contributed by atoms with E-state index in [2.05, 4.69) is 10.3 Å². The summed E-state index contributed by atoms with van der Waals surface area (Å²) in [6, 6.07) is 7.44. The second-order valence-corrected chi connectivity index (χ2v) is 6.07. The van der Waals surface area contributed by atoms with Crippen molar-refractivity contribution >= 4 is 22.8 Å². The molecule has 0 bridgehead atoms. The Morgan fingerprint density at radius 2 is 2.14 bits per heavy atom. The fraction of sp³-hybridized carbons (Fsp3) is 0.375. The van der Waals surface area contributed by atoms with Gasteiger partial charge in [-0.1, -0.05) is 0 Å². The number of amides is 1. The molecule has 0 radical (unpaired) electrons. The Hall–Kier alpha value is -2.50. The van der Waals surface area contributed by atoms with Gasteiger partial charge in [-0.2, -0.15) is 0 Å². The molecular weight excluding hydrogens is 280 g/mol. The van der Waals surface area contributed by atoms with E-state index in [-0.39, 0.29) is 11.4 Å². The van der Waals surface area contributed by atoms with Crippen LogP contribution in [0.15, 0.2) is 39.9 Å². The van der Waals surface area contributed by atoms with Crippen LogP contribution in [0.2, 0.25) is 0 Å². The third-order valence-corrected chi connectivity index (χ3v) is 4.65. The van der Waals surface area contributed by atoms with Gasteiger partial charge in [0.15, 0.2) is 5.96 Å². The SMILES string of the molecule is NC1=NCC2(CCN(C(=O)c3ccc4occc4c3)CC2)N1. The zero-order chi connectivity index (χ0) is 15.2. The molecule has 2 aliphatic rings. The van der Waals surface area contributed by atoms with Crippen LogP contribution in [0.3, 0.4) is 0 Å². The third-order valence-electron chi connectivity index (χ3n) is 4.65. The minimum atomic E-state index is -0.0463. The fourth-order valence-electron chi connectivity index (χ4n) is 3.29. The largest absolute Gasteiger partial charge is 0.464 e. The number of nitrogens with one attached hydrogen (secondary N) is 1. The van der Waals surface area contributed by atoms with Crippen LogP contribution in [-0.4, -0.2) is 41.9 Å². The van der Waals surface area contributed by atoms with Crippen molar-refractivity contribution in [2.24, 2.45) is 10.7 Å². The molecule has 6 heteroatoms. The van der Waals surface area contributed by atoms with Crippen LogP contribution in [0.5, 0.6) is 0 Å². The Labute approximate surface area is 128 Å². The van der Waals surface area contributed by atoms with Gasteiger partial charge in [-0.15, -0.1) is 0 Å². The minimum absolute atomic E-state index is 0.0463. The van der Waals surface area contributed by atoms with Crippen molar-refractivity contribution in [3.8, 4) is 0 Å². The molecule has 1 saturated heterocycles. The Balaban J connectivity index is 1.47. The van der Waals surface area contributed by atoms with E-state index in [1.54, 1.807) is 6.26 Å². The van der Waals surface area contributed by atoms with Gasteiger partial charge in [0.25, 0.3) is 5.91 Å². The lowest BCUT2D eigenvalue weighted by Gasteiger charge is -2.39. The number of piperidine rings is 1. The topological polar surface area (TPSA) is 83.9 Å². The van der Waals surface area contributed by atoms with Gasteiger partial charge < -0.3 is 20.4 Å². The smallest absolute Gasteiger partial charge is 0.253 e. The summed E-state index contributed by atoms with van der Waals surface area (Å²) < 4.78 is 5.31. The Kier molecular flexibility index (Phi) is 2.85. The van der Waals surface area contributed by atoms with E-state index in [0.29, 0.717) is 18.1 Å². The molecule has 1 aromatic heterocycles. The van der Waals surface area contributed by atoms with E-state index in [1.165, 1.54) is 0 Å². The highest BCUT2D eigenvalue weighted by Gasteiger charge is 2.39. The molecule has 2 aromatic rings. The molecular formula is C16H18N4O2. The standard InChI is InChI=1S/C16H18N4O2/c17-15-18-10-16(19-15)4-6-20(7-5-16)14(21)12-1-2-13-11(9-12)3-8-22-13/h1-3,8-9H,4-7,10H2,(H3,17,18,19). The summed E-state index contributed by atoms with van der Waals surface area (Å²) >= 11 is 0. The third kappa shape index (κ3) is 2.11. The van der Waals surface area contributed by atoms with E-state index < -0.39 is 0 Å². The summed E-state index contributed by atoms with van der Waals surface area (Å²) in [7, 11) is 0. The molecule has 2 aliphatic heterocycles. The molecule has 114 valence electrons. The molecule has 6 nitrogen and oxygen atoms in total. The molecule has 0 unspecified atom stereocenters. The number of furan rings is 1. The van der Waals surface area contributed by atoms with E-state index in [1.807, 2.05) is 29.2 Å². The van der Waals surface area contributed by atoms with Gasteiger partial charge in [-0.3, -0.25) is 9.79 Å². The second kappa shape index (κ2) is 4.76. The monoisotopic (exact) mass is 298 g/mol. The molecule has 4 rings (SSSR count). The molecule has 0 atom stereocenters. The first-order valence-electron chi connectivity index (χ1n) is 7.50. The van der Waals surface area contributed by atoms with Crippen molar-refractivity contribution in [1.29, 1.82) is 0 Å². The van der Waals surface area contributed by atoms with Crippen LogP contribution >= 0.6 is 0 Å². The number of rotatable bonds is 1. The van der Waals surface area contributed by atoms with Gasteiger partial charge in [-0.05, 0) is 37.1 Å². The molecule has 1 spiro atoms. The number of carbonyl (C=O) groups excluding carboxylic acids is 1. The van der Waals surface area contributed by atoms with Crippen LogP contribution in [0.4, 0.5) is 0 Å². The molecule has 1 fully saturated rings. The first-order valence-corrected chi connectivity index (χ1v) is 7.50. The quantitative estimate of drug-likeness (QED) is 0.832. The molecule has 1 aromatic carbocycles. The number of likely N-dealkylation sites (tertiary alicyclic amines) is 1. The lowest BCUT2D eigenvalue weighted by atomic mass is 9.88. The average molecular weight is 298 g/mol. The molecule has 1 amide bonds. The van der Waals surface area contributed by atoms with Gasteiger partial charge >= 0.3 is 0 Å². The second-order valence-electron chi connectivity index (χ2n) is 6.07. The lowest BCUT2D eigenvalue weighted by molar-refractivity contribution is 0.0669. The van der Waals surface area contributed by atoms with Gasteiger partial charge in [-0.25, -0.2) is 0 Å². The van der Waals surface area contributed by atoms with Crippen LogP contribution in [0.25, 0.3) is 11.0 Å². The highest BCUT2D eigenvalue weighted by atomic mass is 16.3. The predicted octanol–water partition coefficient (Wildman–Crippen LogP) is 1.33. The maximum Gasteiger partial charge on any atom is 0.253 e. The average Bonchev–Trinajstić information content (AvgIpc) is 3.14. The van der Waals surface area contributed by atoms with E-state index >= 15 is 0 Å². The number of guanidine groups is 1. The number of hydrogen-bond acceptors (Lipinski definition) is 5. The molecule has 0 saturated carbocycles. The maximum absolute atomic E-state index is 12.7. The van der Waals surface area contributed by atoms with Crippen molar-refractivity contribution in [2.75, 3.05) is 19.6 Å². The van der Waals surface area contributed by atoms with Gasteiger partial charge in [0, 0.05) is 24.0 Å². The summed E-state index contributed by atoms with van der Waals surface area (Å²) in [5, 5.41) is 4.22. The van der Waals surface area contributed by atoms with Crippen LogP contribution < -0.4 is 11.1 Å². The minimum Gasteiger partial charge on any atom is -0.464 e. The Bertz CT molecular complexity index is 756. The van der Waals surface area contributed by atoms with E-state index in [9.17, 15) is 4.79 Å². The van der Waals surface area contributed by atoms with Crippen molar-refractivity contribution < 1.29 is 9.21 Å². The normalized spacial score (nSPS) is 20.2. The van der Waals surface area contributed by atoms with Crippen molar-refractivity contribution in [2.45, 2.75) is 18.4 Å². The van der Waals surface area contributed by atoms with Crippen LogP contribution in [0, 0.1) is 0 Å².